The molecule has 0 radical (unpaired) electrons. The van der Waals surface area contributed by atoms with Crippen LogP contribution in [0.4, 0.5) is 0 Å². The number of hydrogen-bond donors (Lipinski definition) is 0. The zero-order valence-electron chi connectivity index (χ0n) is 10.7. The average Bonchev–Trinajstić information content (AvgIpc) is 3.08. The van der Waals surface area contributed by atoms with Crippen LogP contribution in [-0.2, 0) is 9.59 Å². The van der Waals surface area contributed by atoms with Crippen molar-refractivity contribution in [3.63, 3.8) is 0 Å². The first-order chi connectivity index (χ1) is 7.96. The first-order valence-electron chi connectivity index (χ1n) is 5.87. The summed E-state index contributed by atoms with van der Waals surface area (Å²) in [5.74, 6) is -0.294. The molecule has 0 N–H and O–H groups in total. The fraction of sp³-hybridized carbons (Fsp3) is 0.750. The predicted octanol–water partition coefficient (Wildman–Crippen LogP) is 0.617. The second-order valence-electron chi connectivity index (χ2n) is 4.71. The van der Waals surface area contributed by atoms with Crippen LogP contribution in [0.15, 0.2) is 0 Å². The predicted molar refractivity (Wildman–Crippen MR) is 62.8 cm³/mol. The van der Waals surface area contributed by atoms with Crippen LogP contribution in [0.3, 0.4) is 0 Å². The second kappa shape index (κ2) is 5.17. The standard InChI is InChI=1S/C12H19N3O2/c1-4-7-15(8-10(16)14(2)3)11(17)12(9-13)5-6-12/h4-8H2,1-3H3. The summed E-state index contributed by atoms with van der Waals surface area (Å²) in [6.07, 6.45) is 2.03. The van der Waals surface area contributed by atoms with Gasteiger partial charge in [-0.05, 0) is 19.3 Å². The zero-order chi connectivity index (χ0) is 13.1. The maximum atomic E-state index is 12.1. The van der Waals surface area contributed by atoms with Gasteiger partial charge in [-0.2, -0.15) is 5.26 Å². The van der Waals surface area contributed by atoms with Gasteiger partial charge in [-0.3, -0.25) is 9.59 Å². The van der Waals surface area contributed by atoms with E-state index >= 15 is 0 Å². The molecule has 0 aliphatic heterocycles. The maximum absolute atomic E-state index is 12.1. The van der Waals surface area contributed by atoms with Crippen LogP contribution < -0.4 is 0 Å². The van der Waals surface area contributed by atoms with E-state index in [1.807, 2.05) is 6.92 Å². The highest BCUT2D eigenvalue weighted by Crippen LogP contribution is 2.46. The Balaban J connectivity index is 2.70. The Morgan fingerprint density at radius 2 is 1.94 bits per heavy atom. The molecule has 2 amide bonds. The number of carbonyl (C=O) groups is 2. The highest BCUT2D eigenvalue weighted by Gasteiger charge is 2.52. The summed E-state index contributed by atoms with van der Waals surface area (Å²) >= 11 is 0. The first-order valence-corrected chi connectivity index (χ1v) is 5.87. The van der Waals surface area contributed by atoms with Gasteiger partial charge >= 0.3 is 0 Å². The molecule has 1 fully saturated rings. The topological polar surface area (TPSA) is 64.4 Å². The minimum Gasteiger partial charge on any atom is -0.347 e. The molecule has 0 spiro atoms. The number of nitriles is 1. The molecule has 0 aromatic rings. The maximum Gasteiger partial charge on any atom is 0.243 e. The Labute approximate surface area is 102 Å². The quantitative estimate of drug-likeness (QED) is 0.704. The minimum absolute atomic E-state index is 0.0725. The third kappa shape index (κ3) is 2.96. The lowest BCUT2D eigenvalue weighted by molar-refractivity contribution is -0.141. The van der Waals surface area contributed by atoms with Crippen LogP contribution >= 0.6 is 0 Å². The highest BCUT2D eigenvalue weighted by atomic mass is 16.2. The lowest BCUT2D eigenvalue weighted by Crippen LogP contribution is -2.43. The van der Waals surface area contributed by atoms with E-state index in [1.54, 1.807) is 14.1 Å². The van der Waals surface area contributed by atoms with E-state index in [0.717, 1.165) is 6.42 Å². The number of amides is 2. The van der Waals surface area contributed by atoms with Crippen molar-refractivity contribution in [1.29, 1.82) is 5.26 Å². The molecule has 5 heteroatoms. The van der Waals surface area contributed by atoms with E-state index < -0.39 is 5.41 Å². The largest absolute Gasteiger partial charge is 0.347 e. The Morgan fingerprint density at radius 3 is 2.29 bits per heavy atom. The summed E-state index contributed by atoms with van der Waals surface area (Å²) in [7, 11) is 3.32. The van der Waals surface area contributed by atoms with Crippen molar-refractivity contribution in [3.05, 3.63) is 0 Å². The lowest BCUT2D eigenvalue weighted by atomic mass is 10.1. The van der Waals surface area contributed by atoms with Crippen LogP contribution in [0.1, 0.15) is 26.2 Å². The summed E-state index contributed by atoms with van der Waals surface area (Å²) in [6, 6.07) is 2.08. The monoisotopic (exact) mass is 237 g/mol. The SMILES string of the molecule is CCCN(CC(=O)N(C)C)C(=O)C1(C#N)CC1. The van der Waals surface area contributed by atoms with Crippen molar-refractivity contribution in [1.82, 2.24) is 9.80 Å². The van der Waals surface area contributed by atoms with Gasteiger partial charge in [-0.25, -0.2) is 0 Å². The third-order valence-corrected chi connectivity index (χ3v) is 2.98. The third-order valence-electron chi connectivity index (χ3n) is 2.98. The molecule has 1 aliphatic carbocycles. The Bertz CT molecular complexity index is 353. The van der Waals surface area contributed by atoms with Gasteiger partial charge in [0.05, 0.1) is 12.6 Å². The first kappa shape index (κ1) is 13.5. The van der Waals surface area contributed by atoms with Crippen LogP contribution in [0.25, 0.3) is 0 Å². The molecule has 0 bridgehead atoms. The molecule has 1 saturated carbocycles. The van der Waals surface area contributed by atoms with Crippen molar-refractivity contribution in [2.24, 2.45) is 5.41 Å². The molecule has 5 nitrogen and oxygen atoms in total. The molecule has 1 aliphatic rings. The number of likely N-dealkylation sites (N-methyl/N-ethyl adjacent to an activating group) is 1. The summed E-state index contributed by atoms with van der Waals surface area (Å²) in [5.41, 5.74) is -0.832. The van der Waals surface area contributed by atoms with Gasteiger partial charge in [0.1, 0.15) is 5.41 Å². The van der Waals surface area contributed by atoms with Gasteiger partial charge in [0.25, 0.3) is 0 Å². The van der Waals surface area contributed by atoms with Gasteiger partial charge in [0.15, 0.2) is 0 Å². The Morgan fingerprint density at radius 1 is 1.35 bits per heavy atom. The van der Waals surface area contributed by atoms with Crippen molar-refractivity contribution < 1.29 is 9.59 Å². The fourth-order valence-electron chi connectivity index (χ4n) is 1.63. The van der Waals surface area contributed by atoms with Crippen molar-refractivity contribution in [3.8, 4) is 6.07 Å². The summed E-state index contributed by atoms with van der Waals surface area (Å²) in [5, 5.41) is 8.99. The fourth-order valence-corrected chi connectivity index (χ4v) is 1.63. The molecule has 0 heterocycles. The van der Waals surface area contributed by atoms with Crippen molar-refractivity contribution in [2.75, 3.05) is 27.2 Å². The number of rotatable bonds is 5. The molecule has 1 rings (SSSR count). The summed E-state index contributed by atoms with van der Waals surface area (Å²) in [6.45, 7) is 2.55. The normalized spacial score (nSPS) is 15.9. The van der Waals surface area contributed by atoms with Crippen LogP contribution in [0, 0.1) is 16.7 Å². The minimum atomic E-state index is -0.832. The van der Waals surface area contributed by atoms with E-state index in [-0.39, 0.29) is 18.4 Å². The van der Waals surface area contributed by atoms with E-state index in [2.05, 4.69) is 6.07 Å². The van der Waals surface area contributed by atoms with Crippen LogP contribution in [0.5, 0.6) is 0 Å². The number of nitrogens with zero attached hydrogens (tertiary/aromatic N) is 3. The molecular weight excluding hydrogens is 218 g/mol. The van der Waals surface area contributed by atoms with E-state index in [1.165, 1.54) is 9.80 Å². The second-order valence-corrected chi connectivity index (χ2v) is 4.71. The van der Waals surface area contributed by atoms with Gasteiger partial charge in [-0.1, -0.05) is 6.92 Å². The number of carbonyl (C=O) groups excluding carboxylic acids is 2. The van der Waals surface area contributed by atoms with Crippen molar-refractivity contribution in [2.45, 2.75) is 26.2 Å². The highest BCUT2D eigenvalue weighted by molar-refractivity contribution is 5.91. The van der Waals surface area contributed by atoms with Crippen molar-refractivity contribution >= 4 is 11.8 Å². The van der Waals surface area contributed by atoms with E-state index in [0.29, 0.717) is 19.4 Å². The average molecular weight is 237 g/mol. The van der Waals surface area contributed by atoms with Gasteiger partial charge in [-0.15, -0.1) is 0 Å². The molecular formula is C12H19N3O2. The Hall–Kier alpha value is -1.57. The van der Waals surface area contributed by atoms with E-state index in [4.69, 9.17) is 5.26 Å². The lowest BCUT2D eigenvalue weighted by Gasteiger charge is -2.25. The zero-order valence-corrected chi connectivity index (χ0v) is 10.7. The smallest absolute Gasteiger partial charge is 0.243 e. The molecule has 17 heavy (non-hydrogen) atoms. The van der Waals surface area contributed by atoms with Crippen LogP contribution in [0.2, 0.25) is 0 Å². The van der Waals surface area contributed by atoms with E-state index in [9.17, 15) is 9.59 Å². The molecule has 0 aromatic heterocycles. The molecule has 0 atom stereocenters. The summed E-state index contributed by atoms with van der Waals surface area (Å²) in [4.78, 5) is 26.7. The van der Waals surface area contributed by atoms with Gasteiger partial charge in [0, 0.05) is 20.6 Å². The van der Waals surface area contributed by atoms with Gasteiger partial charge < -0.3 is 9.80 Å². The Kier molecular flexibility index (Phi) is 4.11. The van der Waals surface area contributed by atoms with Gasteiger partial charge in [0.2, 0.25) is 11.8 Å². The number of hydrogen-bond acceptors (Lipinski definition) is 3. The molecule has 94 valence electrons. The molecule has 0 unspecified atom stereocenters. The van der Waals surface area contributed by atoms with Crippen LogP contribution in [-0.4, -0.2) is 48.8 Å². The summed E-state index contributed by atoms with van der Waals surface area (Å²) < 4.78 is 0. The molecule has 0 saturated heterocycles. The molecule has 0 aromatic carbocycles.